The smallest absolute Gasteiger partial charge is 0.253 e. The summed E-state index contributed by atoms with van der Waals surface area (Å²) in [6.07, 6.45) is 7.20. The van der Waals surface area contributed by atoms with Crippen LogP contribution in [0.2, 0.25) is 0 Å². The first-order valence-electron chi connectivity index (χ1n) is 7.04. The average molecular weight is 299 g/mol. The van der Waals surface area contributed by atoms with Crippen molar-refractivity contribution < 1.29 is 14.3 Å². The number of pyridine rings is 1. The van der Waals surface area contributed by atoms with Crippen molar-refractivity contribution in [3.63, 3.8) is 0 Å². The quantitative estimate of drug-likeness (QED) is 0.749. The number of amides is 1. The first-order chi connectivity index (χ1) is 10.7. The molecule has 0 aliphatic rings. The van der Waals surface area contributed by atoms with Gasteiger partial charge in [-0.25, -0.2) is 4.98 Å². The molecule has 0 aromatic carbocycles. The number of carbonyl (C=O) groups is 1. The zero-order valence-electron chi connectivity index (χ0n) is 12.2. The van der Waals surface area contributed by atoms with Gasteiger partial charge < -0.3 is 19.2 Å². The van der Waals surface area contributed by atoms with Crippen LogP contribution in [0.3, 0.4) is 0 Å². The van der Waals surface area contributed by atoms with Gasteiger partial charge in [-0.3, -0.25) is 4.79 Å². The zero-order valence-corrected chi connectivity index (χ0v) is 12.2. The molecule has 0 aliphatic carbocycles. The number of imidazole rings is 1. The molecule has 2 N–H and O–H groups in total. The Kier molecular flexibility index (Phi) is 3.93. The van der Waals surface area contributed by atoms with Crippen LogP contribution < -0.4 is 5.32 Å². The number of aliphatic hydroxyl groups is 1. The van der Waals surface area contributed by atoms with E-state index in [1.54, 1.807) is 37.1 Å². The summed E-state index contributed by atoms with van der Waals surface area (Å²) in [5, 5.41) is 12.3. The summed E-state index contributed by atoms with van der Waals surface area (Å²) in [6.45, 7) is 1.79. The number of furan rings is 1. The topological polar surface area (TPSA) is 79.8 Å². The first kappa shape index (κ1) is 14.3. The summed E-state index contributed by atoms with van der Waals surface area (Å²) < 4.78 is 6.86. The van der Waals surface area contributed by atoms with E-state index in [0.717, 1.165) is 16.9 Å². The molecule has 0 spiro atoms. The van der Waals surface area contributed by atoms with Crippen LogP contribution in [-0.2, 0) is 6.42 Å². The molecule has 0 saturated heterocycles. The monoisotopic (exact) mass is 299 g/mol. The molecule has 0 radical (unpaired) electrons. The Labute approximate surface area is 127 Å². The molecule has 0 aliphatic heterocycles. The lowest BCUT2D eigenvalue weighted by molar-refractivity contribution is 0.0916. The minimum absolute atomic E-state index is 0.136. The van der Waals surface area contributed by atoms with E-state index in [9.17, 15) is 9.90 Å². The third-order valence-electron chi connectivity index (χ3n) is 3.57. The SMILES string of the molecule is Cc1cnc2ccc(C(=O)NC(CO)Cc3ccoc3)cn12. The van der Waals surface area contributed by atoms with E-state index in [1.165, 1.54) is 0 Å². The molecule has 1 amide bonds. The second kappa shape index (κ2) is 6.03. The number of hydrogen-bond acceptors (Lipinski definition) is 4. The molecule has 22 heavy (non-hydrogen) atoms. The van der Waals surface area contributed by atoms with E-state index in [0.29, 0.717) is 12.0 Å². The number of nitrogens with one attached hydrogen (secondary N) is 1. The Hall–Kier alpha value is -2.60. The van der Waals surface area contributed by atoms with Crippen molar-refractivity contribution in [3.05, 3.63) is 59.9 Å². The second-order valence-corrected chi connectivity index (χ2v) is 5.23. The summed E-state index contributed by atoms with van der Waals surface area (Å²) in [5.74, 6) is -0.224. The van der Waals surface area contributed by atoms with Gasteiger partial charge in [0.25, 0.3) is 5.91 Å². The van der Waals surface area contributed by atoms with E-state index in [4.69, 9.17) is 4.42 Å². The molecule has 1 atom stereocenters. The number of aromatic nitrogens is 2. The van der Waals surface area contributed by atoms with Gasteiger partial charge in [-0.1, -0.05) is 0 Å². The van der Waals surface area contributed by atoms with Gasteiger partial charge >= 0.3 is 0 Å². The Morgan fingerprint density at radius 1 is 1.45 bits per heavy atom. The maximum absolute atomic E-state index is 12.3. The highest BCUT2D eigenvalue weighted by Crippen LogP contribution is 2.09. The predicted molar refractivity (Wildman–Crippen MR) is 80.7 cm³/mol. The fourth-order valence-corrected chi connectivity index (χ4v) is 2.36. The predicted octanol–water partition coefficient (Wildman–Crippen LogP) is 1.57. The Bertz CT molecular complexity index is 777. The van der Waals surface area contributed by atoms with Crippen LogP contribution in [-0.4, -0.2) is 33.0 Å². The van der Waals surface area contributed by atoms with Gasteiger partial charge in [0.2, 0.25) is 0 Å². The Morgan fingerprint density at radius 2 is 2.32 bits per heavy atom. The molecule has 0 saturated carbocycles. The van der Waals surface area contributed by atoms with E-state index in [-0.39, 0.29) is 18.6 Å². The van der Waals surface area contributed by atoms with Crippen LogP contribution in [0.25, 0.3) is 5.65 Å². The fourth-order valence-electron chi connectivity index (χ4n) is 2.36. The molecule has 114 valence electrons. The van der Waals surface area contributed by atoms with E-state index in [2.05, 4.69) is 10.3 Å². The van der Waals surface area contributed by atoms with Crippen molar-refractivity contribution >= 4 is 11.6 Å². The van der Waals surface area contributed by atoms with Gasteiger partial charge in [0.1, 0.15) is 5.65 Å². The number of aliphatic hydroxyl groups excluding tert-OH is 1. The molecular weight excluding hydrogens is 282 g/mol. The minimum Gasteiger partial charge on any atom is -0.472 e. The lowest BCUT2D eigenvalue weighted by Gasteiger charge is -2.15. The molecular formula is C16H17N3O3. The van der Waals surface area contributed by atoms with Gasteiger partial charge in [-0.15, -0.1) is 0 Å². The van der Waals surface area contributed by atoms with Gasteiger partial charge in [0.05, 0.1) is 30.7 Å². The fraction of sp³-hybridized carbons (Fsp3) is 0.250. The second-order valence-electron chi connectivity index (χ2n) is 5.23. The van der Waals surface area contributed by atoms with E-state index in [1.807, 2.05) is 17.4 Å². The number of fused-ring (bicyclic) bond motifs is 1. The zero-order chi connectivity index (χ0) is 15.5. The first-order valence-corrected chi connectivity index (χ1v) is 7.04. The van der Waals surface area contributed by atoms with Crippen LogP contribution in [0.1, 0.15) is 21.6 Å². The van der Waals surface area contributed by atoms with Crippen molar-refractivity contribution in [2.24, 2.45) is 0 Å². The number of carbonyl (C=O) groups excluding carboxylic acids is 1. The molecule has 3 heterocycles. The highest BCUT2D eigenvalue weighted by molar-refractivity contribution is 5.94. The summed E-state index contributed by atoms with van der Waals surface area (Å²) in [5.41, 5.74) is 3.22. The maximum Gasteiger partial charge on any atom is 0.253 e. The van der Waals surface area contributed by atoms with E-state index < -0.39 is 0 Å². The van der Waals surface area contributed by atoms with Gasteiger partial charge in [0.15, 0.2) is 0 Å². The van der Waals surface area contributed by atoms with Crippen molar-refractivity contribution in [2.75, 3.05) is 6.61 Å². The standard InChI is InChI=1S/C16H17N3O3/c1-11-7-17-15-3-2-13(8-19(11)15)16(21)18-14(9-20)6-12-4-5-22-10-12/h2-5,7-8,10,14,20H,6,9H2,1H3,(H,18,21). The van der Waals surface area contributed by atoms with Crippen LogP contribution in [0, 0.1) is 6.92 Å². The number of aryl methyl sites for hydroxylation is 1. The summed E-state index contributed by atoms with van der Waals surface area (Å²) in [6, 6.07) is 4.98. The molecule has 1 unspecified atom stereocenters. The third kappa shape index (κ3) is 2.87. The van der Waals surface area contributed by atoms with Gasteiger partial charge in [0, 0.05) is 18.1 Å². The summed E-state index contributed by atoms with van der Waals surface area (Å²) in [4.78, 5) is 16.6. The molecule has 6 nitrogen and oxygen atoms in total. The highest BCUT2D eigenvalue weighted by Gasteiger charge is 2.15. The van der Waals surface area contributed by atoms with Gasteiger partial charge in [-0.05, 0) is 37.1 Å². The van der Waals surface area contributed by atoms with Crippen LogP contribution >= 0.6 is 0 Å². The van der Waals surface area contributed by atoms with Crippen molar-refractivity contribution in [1.82, 2.24) is 14.7 Å². The number of rotatable bonds is 5. The maximum atomic E-state index is 12.3. The van der Waals surface area contributed by atoms with Crippen molar-refractivity contribution in [1.29, 1.82) is 0 Å². The van der Waals surface area contributed by atoms with Crippen molar-refractivity contribution in [2.45, 2.75) is 19.4 Å². The molecule has 3 aromatic heterocycles. The molecule has 3 aromatic rings. The Morgan fingerprint density at radius 3 is 3.05 bits per heavy atom. The largest absolute Gasteiger partial charge is 0.472 e. The molecule has 3 rings (SSSR count). The number of hydrogen-bond donors (Lipinski definition) is 2. The van der Waals surface area contributed by atoms with Crippen LogP contribution in [0.4, 0.5) is 0 Å². The van der Waals surface area contributed by atoms with Crippen LogP contribution in [0.5, 0.6) is 0 Å². The Balaban J connectivity index is 1.75. The summed E-state index contributed by atoms with van der Waals surface area (Å²) in [7, 11) is 0. The third-order valence-corrected chi connectivity index (χ3v) is 3.57. The van der Waals surface area contributed by atoms with Gasteiger partial charge in [-0.2, -0.15) is 0 Å². The number of nitrogens with zero attached hydrogens (tertiary/aromatic N) is 2. The molecule has 0 fully saturated rings. The highest BCUT2D eigenvalue weighted by atomic mass is 16.3. The van der Waals surface area contributed by atoms with Crippen molar-refractivity contribution in [3.8, 4) is 0 Å². The van der Waals surface area contributed by atoms with Crippen LogP contribution in [0.15, 0.2) is 47.5 Å². The molecule has 0 bridgehead atoms. The lowest BCUT2D eigenvalue weighted by atomic mass is 10.1. The average Bonchev–Trinajstić information content (AvgIpc) is 3.16. The lowest BCUT2D eigenvalue weighted by Crippen LogP contribution is -2.39. The van der Waals surface area contributed by atoms with E-state index >= 15 is 0 Å². The summed E-state index contributed by atoms with van der Waals surface area (Å²) >= 11 is 0. The minimum atomic E-state index is -0.357. The molecule has 6 heteroatoms. The normalized spacial score (nSPS) is 12.5.